The van der Waals surface area contributed by atoms with E-state index >= 15 is 0 Å². The van der Waals surface area contributed by atoms with Crippen molar-refractivity contribution in [2.24, 2.45) is 11.7 Å². The molecular weight excluding hydrogens is 264 g/mol. The van der Waals surface area contributed by atoms with E-state index in [0.717, 1.165) is 25.6 Å². The fourth-order valence-corrected chi connectivity index (χ4v) is 3.17. The monoisotopic (exact) mass is 282 g/mol. The van der Waals surface area contributed by atoms with E-state index in [2.05, 4.69) is 45.5 Å². The minimum atomic E-state index is 0.498. The minimum Gasteiger partial charge on any atom is -0.330 e. The number of hydrogen-bond acceptors (Lipinski definition) is 2. The van der Waals surface area contributed by atoms with Crippen LogP contribution in [-0.2, 0) is 0 Å². The standard InChI is InChI=1S/C13H19BrN2/c14-13-4-2-1-3-11(13)12(9-15)10-5-7-16-8-6-10/h1-4,10,12,16H,5-9,15H2. The molecule has 0 radical (unpaired) electrons. The Hall–Kier alpha value is -0.380. The van der Waals surface area contributed by atoms with Crippen molar-refractivity contribution >= 4 is 15.9 Å². The van der Waals surface area contributed by atoms with Crippen LogP contribution in [0.15, 0.2) is 28.7 Å². The molecule has 3 heteroatoms. The molecule has 0 spiro atoms. The second-order valence-corrected chi connectivity index (χ2v) is 5.31. The lowest BCUT2D eigenvalue weighted by molar-refractivity contribution is 0.320. The SMILES string of the molecule is NCC(c1ccccc1Br)C1CCNCC1. The summed E-state index contributed by atoms with van der Waals surface area (Å²) in [5.74, 6) is 1.22. The van der Waals surface area contributed by atoms with Gasteiger partial charge in [0.25, 0.3) is 0 Å². The molecule has 1 aliphatic heterocycles. The highest BCUT2D eigenvalue weighted by atomic mass is 79.9. The number of benzene rings is 1. The van der Waals surface area contributed by atoms with Gasteiger partial charge in [0.05, 0.1) is 0 Å². The van der Waals surface area contributed by atoms with Crippen LogP contribution in [0.2, 0.25) is 0 Å². The van der Waals surface area contributed by atoms with E-state index in [4.69, 9.17) is 5.73 Å². The van der Waals surface area contributed by atoms with Gasteiger partial charge in [-0.05, 0) is 50.0 Å². The van der Waals surface area contributed by atoms with Crippen LogP contribution in [-0.4, -0.2) is 19.6 Å². The summed E-state index contributed by atoms with van der Waals surface area (Å²) >= 11 is 3.63. The van der Waals surface area contributed by atoms with Crippen molar-refractivity contribution in [1.29, 1.82) is 0 Å². The summed E-state index contributed by atoms with van der Waals surface area (Å²) in [4.78, 5) is 0. The van der Waals surface area contributed by atoms with E-state index in [9.17, 15) is 0 Å². The molecule has 16 heavy (non-hydrogen) atoms. The summed E-state index contributed by atoms with van der Waals surface area (Å²) in [6.45, 7) is 3.00. The molecule has 2 rings (SSSR count). The van der Waals surface area contributed by atoms with Crippen LogP contribution >= 0.6 is 15.9 Å². The second-order valence-electron chi connectivity index (χ2n) is 4.45. The molecule has 0 bridgehead atoms. The van der Waals surface area contributed by atoms with Gasteiger partial charge in [0, 0.05) is 10.4 Å². The summed E-state index contributed by atoms with van der Waals surface area (Å²) in [6.07, 6.45) is 2.48. The largest absolute Gasteiger partial charge is 0.330 e. The van der Waals surface area contributed by atoms with Crippen LogP contribution in [0.25, 0.3) is 0 Å². The van der Waals surface area contributed by atoms with E-state index in [0.29, 0.717) is 5.92 Å². The highest BCUT2D eigenvalue weighted by Crippen LogP contribution is 2.34. The minimum absolute atomic E-state index is 0.498. The summed E-state index contributed by atoms with van der Waals surface area (Å²) < 4.78 is 1.20. The Morgan fingerprint density at radius 1 is 1.31 bits per heavy atom. The van der Waals surface area contributed by atoms with Gasteiger partial charge in [0.2, 0.25) is 0 Å². The average molecular weight is 283 g/mol. The normalized spacial score (nSPS) is 19.6. The molecule has 1 fully saturated rings. The van der Waals surface area contributed by atoms with Crippen molar-refractivity contribution in [3.8, 4) is 0 Å². The summed E-state index contributed by atoms with van der Waals surface area (Å²) in [5.41, 5.74) is 7.34. The Bertz CT molecular complexity index is 334. The van der Waals surface area contributed by atoms with Gasteiger partial charge in [0.1, 0.15) is 0 Å². The summed E-state index contributed by atoms with van der Waals surface area (Å²) in [5, 5.41) is 3.41. The summed E-state index contributed by atoms with van der Waals surface area (Å²) in [6, 6.07) is 8.47. The third-order valence-electron chi connectivity index (χ3n) is 3.51. The number of halogens is 1. The van der Waals surface area contributed by atoms with Crippen LogP contribution in [0.3, 0.4) is 0 Å². The van der Waals surface area contributed by atoms with Crippen molar-refractivity contribution in [3.05, 3.63) is 34.3 Å². The third kappa shape index (κ3) is 2.65. The zero-order valence-electron chi connectivity index (χ0n) is 9.45. The Morgan fingerprint density at radius 3 is 2.62 bits per heavy atom. The molecule has 2 nitrogen and oxygen atoms in total. The Kier molecular flexibility index (Phi) is 4.38. The molecule has 0 amide bonds. The molecule has 1 aromatic carbocycles. The first-order valence-corrected chi connectivity index (χ1v) is 6.77. The number of piperidine rings is 1. The molecule has 88 valence electrons. The molecule has 1 aliphatic rings. The van der Waals surface area contributed by atoms with Gasteiger partial charge in [-0.15, -0.1) is 0 Å². The van der Waals surface area contributed by atoms with Crippen LogP contribution in [0.1, 0.15) is 24.3 Å². The van der Waals surface area contributed by atoms with Gasteiger partial charge in [-0.25, -0.2) is 0 Å². The van der Waals surface area contributed by atoms with Gasteiger partial charge in [-0.3, -0.25) is 0 Å². The molecule has 1 unspecified atom stereocenters. The second kappa shape index (κ2) is 5.80. The quantitative estimate of drug-likeness (QED) is 0.894. The van der Waals surface area contributed by atoms with E-state index < -0.39 is 0 Å². The van der Waals surface area contributed by atoms with Gasteiger partial charge < -0.3 is 11.1 Å². The highest BCUT2D eigenvalue weighted by molar-refractivity contribution is 9.10. The molecule has 0 saturated carbocycles. The third-order valence-corrected chi connectivity index (χ3v) is 4.23. The lowest BCUT2D eigenvalue weighted by Crippen LogP contribution is -2.33. The van der Waals surface area contributed by atoms with Crippen molar-refractivity contribution in [2.75, 3.05) is 19.6 Å². The molecule has 1 saturated heterocycles. The Labute approximate surface area is 106 Å². The van der Waals surface area contributed by atoms with Crippen LogP contribution in [0.4, 0.5) is 0 Å². The van der Waals surface area contributed by atoms with Gasteiger partial charge in [0.15, 0.2) is 0 Å². The lowest BCUT2D eigenvalue weighted by atomic mass is 9.80. The van der Waals surface area contributed by atoms with Crippen molar-refractivity contribution in [3.63, 3.8) is 0 Å². The van der Waals surface area contributed by atoms with E-state index in [-0.39, 0.29) is 0 Å². The fourth-order valence-electron chi connectivity index (χ4n) is 2.60. The molecule has 1 aromatic rings. The maximum Gasteiger partial charge on any atom is 0.0210 e. The number of nitrogens with two attached hydrogens (primary N) is 1. The van der Waals surface area contributed by atoms with E-state index in [1.54, 1.807) is 0 Å². The first-order valence-electron chi connectivity index (χ1n) is 5.98. The average Bonchev–Trinajstić information content (AvgIpc) is 2.34. The maximum absolute atomic E-state index is 5.96. The maximum atomic E-state index is 5.96. The van der Waals surface area contributed by atoms with Crippen LogP contribution < -0.4 is 11.1 Å². The van der Waals surface area contributed by atoms with E-state index in [1.165, 1.54) is 22.9 Å². The van der Waals surface area contributed by atoms with Crippen LogP contribution in [0.5, 0.6) is 0 Å². The number of hydrogen-bond donors (Lipinski definition) is 2. The molecular formula is C13H19BrN2. The number of nitrogens with one attached hydrogen (secondary N) is 1. The molecule has 0 aliphatic carbocycles. The van der Waals surface area contributed by atoms with Crippen LogP contribution in [0, 0.1) is 5.92 Å². The lowest BCUT2D eigenvalue weighted by Gasteiger charge is -2.30. The van der Waals surface area contributed by atoms with Gasteiger partial charge in [-0.1, -0.05) is 34.1 Å². The van der Waals surface area contributed by atoms with Crippen molar-refractivity contribution in [1.82, 2.24) is 5.32 Å². The summed E-state index contributed by atoms with van der Waals surface area (Å²) in [7, 11) is 0. The molecule has 3 N–H and O–H groups in total. The number of rotatable bonds is 3. The predicted molar refractivity (Wildman–Crippen MR) is 71.5 cm³/mol. The Morgan fingerprint density at radius 2 is 2.00 bits per heavy atom. The zero-order chi connectivity index (χ0) is 11.4. The zero-order valence-corrected chi connectivity index (χ0v) is 11.0. The first kappa shape index (κ1) is 12.1. The first-order chi connectivity index (χ1) is 7.83. The predicted octanol–water partition coefficient (Wildman–Crippen LogP) is 2.49. The highest BCUT2D eigenvalue weighted by Gasteiger charge is 2.24. The topological polar surface area (TPSA) is 38.0 Å². The van der Waals surface area contributed by atoms with Gasteiger partial charge in [-0.2, -0.15) is 0 Å². The molecule has 0 aromatic heterocycles. The van der Waals surface area contributed by atoms with Crippen molar-refractivity contribution in [2.45, 2.75) is 18.8 Å². The molecule has 1 atom stereocenters. The van der Waals surface area contributed by atoms with Crippen molar-refractivity contribution < 1.29 is 0 Å². The fraction of sp³-hybridized carbons (Fsp3) is 0.538. The molecule has 1 heterocycles. The Balaban J connectivity index is 2.18. The van der Waals surface area contributed by atoms with E-state index in [1.807, 2.05) is 0 Å². The van der Waals surface area contributed by atoms with Gasteiger partial charge >= 0.3 is 0 Å². The smallest absolute Gasteiger partial charge is 0.0210 e.